The fourth-order valence-corrected chi connectivity index (χ4v) is 5.73. The molecule has 0 unspecified atom stereocenters. The first-order valence-corrected chi connectivity index (χ1v) is 15.7. The van der Waals surface area contributed by atoms with Crippen LogP contribution in [0.2, 0.25) is 0 Å². The molecule has 1 N–H and O–H groups in total. The Kier molecular flexibility index (Phi) is 12.4. The minimum atomic E-state index is -1.03. The van der Waals surface area contributed by atoms with E-state index >= 15 is 0 Å². The van der Waals surface area contributed by atoms with Crippen LogP contribution >= 0.6 is 0 Å². The second kappa shape index (κ2) is 15.0. The fraction of sp³-hybridized carbons (Fsp3) is 0.600. The van der Waals surface area contributed by atoms with Gasteiger partial charge in [-0.1, -0.05) is 58.9 Å². The van der Waals surface area contributed by atoms with Crippen molar-refractivity contribution in [3.63, 3.8) is 0 Å². The molecule has 0 aliphatic rings. The predicted molar refractivity (Wildman–Crippen MR) is 178 cm³/mol. The van der Waals surface area contributed by atoms with Crippen LogP contribution in [0.25, 0.3) is 10.9 Å². The van der Waals surface area contributed by atoms with Gasteiger partial charge in [-0.25, -0.2) is 9.59 Å². The molecule has 250 valence electrons. The van der Waals surface area contributed by atoms with Crippen LogP contribution in [0, 0.1) is 5.92 Å². The van der Waals surface area contributed by atoms with Gasteiger partial charge in [-0.2, -0.15) is 0 Å². The SMILES string of the molecule is CCOC(=O)/C(C)=C/[C@H](C(C)C)N(C)C(=O)[C@H](CC)NC(=O)[C@@H](N(C)C(=O)OC(C)(C)C)C(C)(C)c1cn(C)c2ccccc12. The van der Waals surface area contributed by atoms with Crippen LogP contribution in [-0.4, -0.2) is 82.7 Å². The molecule has 0 aliphatic carbocycles. The third kappa shape index (κ3) is 8.89. The largest absolute Gasteiger partial charge is 0.463 e. The van der Waals surface area contributed by atoms with Crippen molar-refractivity contribution in [2.75, 3.05) is 20.7 Å². The number of benzene rings is 1. The molecule has 0 radical (unpaired) electrons. The maximum absolute atomic E-state index is 14.3. The van der Waals surface area contributed by atoms with E-state index in [1.165, 1.54) is 4.90 Å². The number of nitrogens with one attached hydrogen (secondary N) is 1. The molecular weight excluding hydrogens is 572 g/mol. The number of likely N-dealkylation sites (N-methyl/N-ethyl adjacent to an activating group) is 2. The quantitative estimate of drug-likeness (QED) is 0.243. The molecule has 0 bridgehead atoms. The molecule has 0 aliphatic heterocycles. The molecular formula is C35H54N4O6. The molecule has 0 spiro atoms. The molecule has 10 nitrogen and oxygen atoms in total. The smallest absolute Gasteiger partial charge is 0.410 e. The zero-order chi connectivity index (χ0) is 34.4. The van der Waals surface area contributed by atoms with Gasteiger partial charge in [0, 0.05) is 49.2 Å². The lowest BCUT2D eigenvalue weighted by molar-refractivity contribution is -0.139. The van der Waals surface area contributed by atoms with Gasteiger partial charge >= 0.3 is 12.1 Å². The number of fused-ring (bicyclic) bond motifs is 1. The summed E-state index contributed by atoms with van der Waals surface area (Å²) in [5, 5.41) is 3.93. The van der Waals surface area contributed by atoms with Crippen molar-refractivity contribution in [1.29, 1.82) is 0 Å². The Morgan fingerprint density at radius 3 is 2.13 bits per heavy atom. The minimum absolute atomic E-state index is 0.0205. The van der Waals surface area contributed by atoms with E-state index in [-0.39, 0.29) is 18.4 Å². The van der Waals surface area contributed by atoms with Gasteiger partial charge in [0.1, 0.15) is 17.7 Å². The third-order valence-electron chi connectivity index (χ3n) is 8.11. The van der Waals surface area contributed by atoms with Crippen molar-refractivity contribution in [2.24, 2.45) is 13.0 Å². The van der Waals surface area contributed by atoms with Gasteiger partial charge in [0.05, 0.1) is 12.6 Å². The van der Waals surface area contributed by atoms with Crippen LogP contribution in [-0.2, 0) is 36.3 Å². The Morgan fingerprint density at radius 2 is 1.60 bits per heavy atom. The van der Waals surface area contributed by atoms with E-state index < -0.39 is 47.1 Å². The van der Waals surface area contributed by atoms with Crippen LogP contribution < -0.4 is 5.32 Å². The van der Waals surface area contributed by atoms with Gasteiger partial charge in [-0.05, 0) is 58.6 Å². The molecule has 3 amide bonds. The number of hydrogen-bond acceptors (Lipinski definition) is 6. The van der Waals surface area contributed by atoms with E-state index in [4.69, 9.17) is 9.47 Å². The molecule has 2 aromatic rings. The van der Waals surface area contributed by atoms with Crippen LogP contribution in [0.15, 0.2) is 42.1 Å². The molecule has 0 saturated heterocycles. The van der Waals surface area contributed by atoms with Crippen molar-refractivity contribution in [2.45, 2.75) is 105 Å². The molecule has 2 rings (SSSR count). The highest BCUT2D eigenvalue weighted by Crippen LogP contribution is 2.37. The Hall–Kier alpha value is -3.82. The van der Waals surface area contributed by atoms with Crippen LogP contribution in [0.4, 0.5) is 4.79 Å². The summed E-state index contributed by atoms with van der Waals surface area (Å²) < 4.78 is 12.8. The van der Waals surface area contributed by atoms with Crippen LogP contribution in [0.3, 0.4) is 0 Å². The van der Waals surface area contributed by atoms with Crippen molar-refractivity contribution in [3.05, 3.63) is 47.7 Å². The second-order valence-electron chi connectivity index (χ2n) is 13.6. The highest BCUT2D eigenvalue weighted by molar-refractivity contribution is 5.94. The lowest BCUT2D eigenvalue weighted by Crippen LogP contribution is -2.60. The van der Waals surface area contributed by atoms with Crippen LogP contribution in [0.5, 0.6) is 0 Å². The first kappa shape index (κ1) is 37.4. The molecule has 10 heteroatoms. The minimum Gasteiger partial charge on any atom is -0.463 e. The van der Waals surface area contributed by atoms with Gasteiger partial charge in [-0.15, -0.1) is 0 Å². The van der Waals surface area contributed by atoms with Crippen molar-refractivity contribution in [3.8, 4) is 0 Å². The second-order valence-corrected chi connectivity index (χ2v) is 13.6. The van der Waals surface area contributed by atoms with E-state index in [0.29, 0.717) is 12.0 Å². The number of carbonyl (C=O) groups is 4. The number of para-hydroxylation sites is 1. The molecule has 1 aromatic heterocycles. The average molecular weight is 627 g/mol. The molecule has 0 saturated carbocycles. The van der Waals surface area contributed by atoms with Gasteiger partial charge < -0.3 is 24.3 Å². The number of nitrogens with zero attached hydrogens (tertiary/aromatic N) is 3. The Balaban J connectivity index is 2.53. The van der Waals surface area contributed by atoms with Gasteiger partial charge in [0.2, 0.25) is 11.8 Å². The Morgan fingerprint density at radius 1 is 1.00 bits per heavy atom. The first-order valence-electron chi connectivity index (χ1n) is 15.7. The van der Waals surface area contributed by atoms with E-state index in [2.05, 4.69) is 5.32 Å². The molecule has 0 fully saturated rings. The van der Waals surface area contributed by atoms with Crippen LogP contribution in [0.1, 0.15) is 81.2 Å². The standard InChI is InChI=1S/C35H54N4O6/c1-14-26(31(41)38(12)28(22(3)4)20-23(5)32(42)44-15-2)36-30(40)29(39(13)33(43)45-34(6,7)8)35(9,10)25-21-37(11)27-19-17-16-18-24(25)27/h16-22,26,28-29H,14-15H2,1-13H3,(H,36,40)/b23-20+/t26-,28+,29+/m0/s1. The first-order chi connectivity index (χ1) is 20.8. The van der Waals surface area contributed by atoms with Gasteiger partial charge in [0.25, 0.3) is 0 Å². The number of rotatable bonds is 12. The number of hydrogen-bond donors (Lipinski definition) is 1. The van der Waals surface area contributed by atoms with E-state index in [9.17, 15) is 19.2 Å². The molecule has 1 heterocycles. The predicted octanol–water partition coefficient (Wildman–Crippen LogP) is 5.58. The van der Waals surface area contributed by atoms with Crippen molar-refractivity contribution < 1.29 is 28.7 Å². The van der Waals surface area contributed by atoms with Crippen molar-refractivity contribution >= 4 is 34.8 Å². The highest BCUT2D eigenvalue weighted by Gasteiger charge is 2.45. The Bertz CT molecular complexity index is 1400. The molecule has 1 aromatic carbocycles. The Labute approximate surface area is 269 Å². The molecule has 45 heavy (non-hydrogen) atoms. The monoisotopic (exact) mass is 626 g/mol. The number of esters is 1. The lowest BCUT2D eigenvalue weighted by Gasteiger charge is -2.40. The third-order valence-corrected chi connectivity index (χ3v) is 8.11. The zero-order valence-corrected chi connectivity index (χ0v) is 29.5. The topological polar surface area (TPSA) is 110 Å². The summed E-state index contributed by atoms with van der Waals surface area (Å²) in [4.78, 5) is 56.9. The summed E-state index contributed by atoms with van der Waals surface area (Å²) in [6, 6.07) is 5.58. The summed E-state index contributed by atoms with van der Waals surface area (Å²) in [5.41, 5.74) is 0.606. The van der Waals surface area contributed by atoms with E-state index in [0.717, 1.165) is 16.5 Å². The maximum atomic E-state index is 14.3. The summed E-state index contributed by atoms with van der Waals surface area (Å²) >= 11 is 0. The normalized spacial score (nSPS) is 14.5. The highest BCUT2D eigenvalue weighted by atomic mass is 16.6. The van der Waals surface area contributed by atoms with E-state index in [1.54, 1.807) is 59.7 Å². The summed E-state index contributed by atoms with van der Waals surface area (Å²) in [6.07, 6.45) is 3.39. The number of carbonyl (C=O) groups excluding carboxylic acids is 4. The number of aryl methyl sites for hydroxylation is 1. The number of aromatic nitrogens is 1. The fourth-order valence-electron chi connectivity index (χ4n) is 5.73. The van der Waals surface area contributed by atoms with Crippen molar-refractivity contribution in [1.82, 2.24) is 19.7 Å². The lowest BCUT2D eigenvalue weighted by atomic mass is 9.76. The van der Waals surface area contributed by atoms with Gasteiger partial charge in [0.15, 0.2) is 0 Å². The zero-order valence-electron chi connectivity index (χ0n) is 29.5. The number of ether oxygens (including phenoxy) is 2. The number of amides is 3. The molecule has 3 atom stereocenters. The maximum Gasteiger partial charge on any atom is 0.410 e. The van der Waals surface area contributed by atoms with E-state index in [1.807, 2.05) is 76.7 Å². The summed E-state index contributed by atoms with van der Waals surface area (Å²) in [7, 11) is 5.17. The summed E-state index contributed by atoms with van der Waals surface area (Å²) in [6.45, 7) is 18.6. The summed E-state index contributed by atoms with van der Waals surface area (Å²) in [5.74, 6) is -1.24. The van der Waals surface area contributed by atoms with Gasteiger partial charge in [-0.3, -0.25) is 14.5 Å². The average Bonchev–Trinajstić information content (AvgIpc) is 3.30.